The molecule has 5 heteroatoms. The molecule has 2 heterocycles. The molecule has 1 N–H and O–H groups in total. The van der Waals surface area contributed by atoms with Gasteiger partial charge in [0.1, 0.15) is 5.82 Å². The summed E-state index contributed by atoms with van der Waals surface area (Å²) in [5.41, 5.74) is 0.940. The number of fused-ring (bicyclic) bond motifs is 1. The number of imidazole rings is 1. The molecule has 0 atom stereocenters. The maximum absolute atomic E-state index is 13.0. The number of thiophene rings is 1. The van der Waals surface area contributed by atoms with Crippen LogP contribution in [0.1, 0.15) is 4.88 Å². The fourth-order valence-corrected chi connectivity index (χ4v) is 2.50. The summed E-state index contributed by atoms with van der Waals surface area (Å²) in [5.74, 6) is -1.10. The first kappa shape index (κ1) is 10.4. The van der Waals surface area contributed by atoms with Gasteiger partial charge in [-0.15, -0.1) is 11.3 Å². The van der Waals surface area contributed by atoms with E-state index in [1.807, 2.05) is 19.1 Å². The molecule has 0 fully saturated rings. The van der Waals surface area contributed by atoms with Crippen LogP contribution in [0.2, 0.25) is 0 Å². The van der Waals surface area contributed by atoms with E-state index in [-0.39, 0.29) is 0 Å². The third kappa shape index (κ3) is 1.72. The lowest BCUT2D eigenvalue weighted by Crippen LogP contribution is -1.82. The second kappa shape index (κ2) is 3.63. The highest BCUT2D eigenvalue weighted by molar-refractivity contribution is 7.15. The molecule has 0 radical (unpaired) electrons. The van der Waals surface area contributed by atoms with E-state index in [9.17, 15) is 8.78 Å². The Bertz CT molecular complexity index is 661. The van der Waals surface area contributed by atoms with Crippen molar-refractivity contribution in [2.75, 3.05) is 0 Å². The van der Waals surface area contributed by atoms with Crippen molar-refractivity contribution in [3.63, 3.8) is 0 Å². The highest BCUT2D eigenvalue weighted by Crippen LogP contribution is 2.27. The van der Waals surface area contributed by atoms with E-state index in [4.69, 9.17) is 0 Å². The third-order valence-corrected chi connectivity index (χ3v) is 3.51. The first-order chi connectivity index (χ1) is 8.13. The summed E-state index contributed by atoms with van der Waals surface area (Å²) < 4.78 is 26.1. The first-order valence-electron chi connectivity index (χ1n) is 5.05. The quantitative estimate of drug-likeness (QED) is 0.697. The molecule has 0 bridgehead atoms. The molecular weight excluding hydrogens is 242 g/mol. The summed E-state index contributed by atoms with van der Waals surface area (Å²) in [7, 11) is 0. The van der Waals surface area contributed by atoms with Crippen LogP contribution < -0.4 is 0 Å². The number of aryl methyl sites for hydroxylation is 1. The Balaban J connectivity index is 2.19. The van der Waals surface area contributed by atoms with Crippen LogP contribution >= 0.6 is 11.3 Å². The number of hydrogen-bond donors (Lipinski definition) is 1. The SMILES string of the molecule is Cc1ccc(-c2nc3cc(F)c(F)cc3[nH]2)s1. The maximum Gasteiger partial charge on any atom is 0.161 e. The molecule has 1 aromatic carbocycles. The highest BCUT2D eigenvalue weighted by atomic mass is 32.1. The molecule has 0 saturated heterocycles. The molecular formula is C12H8F2N2S. The molecule has 0 amide bonds. The van der Waals surface area contributed by atoms with Gasteiger partial charge >= 0.3 is 0 Å². The predicted molar refractivity (Wildman–Crippen MR) is 64.1 cm³/mol. The predicted octanol–water partition coefficient (Wildman–Crippen LogP) is 3.88. The van der Waals surface area contributed by atoms with Gasteiger partial charge in [-0.1, -0.05) is 0 Å². The van der Waals surface area contributed by atoms with Gasteiger partial charge in [-0.3, -0.25) is 0 Å². The van der Waals surface area contributed by atoms with Gasteiger partial charge in [0.25, 0.3) is 0 Å². The Hall–Kier alpha value is -1.75. The average molecular weight is 250 g/mol. The molecule has 2 aromatic heterocycles. The van der Waals surface area contributed by atoms with Crippen LogP contribution in [0.25, 0.3) is 21.7 Å². The zero-order chi connectivity index (χ0) is 12.0. The summed E-state index contributed by atoms with van der Waals surface area (Å²) in [5, 5.41) is 0. The zero-order valence-electron chi connectivity index (χ0n) is 8.92. The normalized spacial score (nSPS) is 11.2. The Morgan fingerprint density at radius 3 is 2.65 bits per heavy atom. The van der Waals surface area contributed by atoms with Crippen LogP contribution in [0.5, 0.6) is 0 Å². The Labute approximate surface area is 99.9 Å². The minimum atomic E-state index is -0.877. The number of aromatic nitrogens is 2. The standard InChI is InChI=1S/C12H8F2N2S/c1-6-2-3-11(17-6)12-15-9-4-7(13)8(14)5-10(9)16-12/h2-5H,1H3,(H,15,16). The number of nitrogens with zero attached hydrogens (tertiary/aromatic N) is 1. The second-order valence-corrected chi connectivity index (χ2v) is 5.07. The van der Waals surface area contributed by atoms with Crippen molar-refractivity contribution < 1.29 is 8.78 Å². The third-order valence-electron chi connectivity index (χ3n) is 2.50. The van der Waals surface area contributed by atoms with Crippen molar-refractivity contribution >= 4 is 22.4 Å². The fourth-order valence-electron chi connectivity index (χ4n) is 1.68. The van der Waals surface area contributed by atoms with E-state index in [1.165, 1.54) is 0 Å². The second-order valence-electron chi connectivity index (χ2n) is 3.78. The molecule has 0 unspecified atom stereocenters. The zero-order valence-corrected chi connectivity index (χ0v) is 9.74. The van der Waals surface area contributed by atoms with Crippen molar-refractivity contribution in [2.45, 2.75) is 6.92 Å². The van der Waals surface area contributed by atoms with E-state index in [1.54, 1.807) is 11.3 Å². The lowest BCUT2D eigenvalue weighted by molar-refractivity contribution is 0.510. The lowest BCUT2D eigenvalue weighted by Gasteiger charge is -1.90. The van der Waals surface area contributed by atoms with E-state index in [2.05, 4.69) is 9.97 Å². The van der Waals surface area contributed by atoms with Crippen molar-refractivity contribution in [3.8, 4) is 10.7 Å². The summed E-state index contributed by atoms with van der Waals surface area (Å²) in [4.78, 5) is 9.35. The molecule has 0 spiro atoms. The van der Waals surface area contributed by atoms with Gasteiger partial charge < -0.3 is 4.98 Å². The van der Waals surface area contributed by atoms with Crippen LogP contribution in [0.4, 0.5) is 8.78 Å². The van der Waals surface area contributed by atoms with Crippen molar-refractivity contribution in [1.29, 1.82) is 0 Å². The number of hydrogen-bond acceptors (Lipinski definition) is 2. The summed E-state index contributed by atoms with van der Waals surface area (Å²) in [6.45, 7) is 2.00. The topological polar surface area (TPSA) is 28.7 Å². The van der Waals surface area contributed by atoms with Gasteiger partial charge in [-0.2, -0.15) is 0 Å². The van der Waals surface area contributed by atoms with Gasteiger partial charge in [-0.25, -0.2) is 13.8 Å². The molecule has 0 aliphatic carbocycles. The highest BCUT2D eigenvalue weighted by Gasteiger charge is 2.10. The molecule has 3 aromatic rings. The Kier molecular flexibility index (Phi) is 2.22. The minimum Gasteiger partial charge on any atom is -0.337 e. The molecule has 86 valence electrons. The average Bonchev–Trinajstić information content (AvgIpc) is 2.85. The Morgan fingerprint density at radius 2 is 1.94 bits per heavy atom. The van der Waals surface area contributed by atoms with Gasteiger partial charge in [0.2, 0.25) is 0 Å². The van der Waals surface area contributed by atoms with E-state index in [0.717, 1.165) is 21.9 Å². The lowest BCUT2D eigenvalue weighted by atomic mass is 10.3. The van der Waals surface area contributed by atoms with E-state index >= 15 is 0 Å². The Morgan fingerprint density at radius 1 is 1.18 bits per heavy atom. The molecule has 0 aliphatic heterocycles. The van der Waals surface area contributed by atoms with Crippen LogP contribution in [0.15, 0.2) is 24.3 Å². The number of rotatable bonds is 1. The number of aromatic amines is 1. The molecule has 2 nitrogen and oxygen atoms in total. The number of H-pyrrole nitrogens is 1. The van der Waals surface area contributed by atoms with E-state index in [0.29, 0.717) is 16.9 Å². The number of halogens is 2. The van der Waals surface area contributed by atoms with Crippen molar-refractivity contribution in [3.05, 3.63) is 40.8 Å². The fraction of sp³-hybridized carbons (Fsp3) is 0.0833. The van der Waals surface area contributed by atoms with Crippen LogP contribution in [-0.2, 0) is 0 Å². The van der Waals surface area contributed by atoms with Crippen molar-refractivity contribution in [2.24, 2.45) is 0 Å². The molecule has 3 rings (SSSR count). The first-order valence-corrected chi connectivity index (χ1v) is 5.87. The minimum absolute atomic E-state index is 0.435. The van der Waals surface area contributed by atoms with Gasteiger partial charge in [0.05, 0.1) is 15.9 Å². The largest absolute Gasteiger partial charge is 0.337 e. The van der Waals surface area contributed by atoms with E-state index < -0.39 is 11.6 Å². The molecule has 0 aliphatic rings. The van der Waals surface area contributed by atoms with Gasteiger partial charge in [-0.05, 0) is 19.1 Å². The van der Waals surface area contributed by atoms with Gasteiger partial charge in [0, 0.05) is 17.0 Å². The van der Waals surface area contributed by atoms with Crippen molar-refractivity contribution in [1.82, 2.24) is 9.97 Å². The summed E-state index contributed by atoms with van der Waals surface area (Å²) in [6, 6.07) is 6.14. The molecule has 0 saturated carbocycles. The summed E-state index contributed by atoms with van der Waals surface area (Å²) in [6.07, 6.45) is 0. The van der Waals surface area contributed by atoms with Crippen LogP contribution in [-0.4, -0.2) is 9.97 Å². The monoisotopic (exact) mass is 250 g/mol. The van der Waals surface area contributed by atoms with Crippen LogP contribution in [0.3, 0.4) is 0 Å². The smallest absolute Gasteiger partial charge is 0.161 e. The summed E-state index contributed by atoms with van der Waals surface area (Å²) >= 11 is 1.58. The molecule has 17 heavy (non-hydrogen) atoms. The number of benzene rings is 1. The maximum atomic E-state index is 13.0. The van der Waals surface area contributed by atoms with Crippen LogP contribution in [0, 0.1) is 18.6 Å². The van der Waals surface area contributed by atoms with Gasteiger partial charge in [0.15, 0.2) is 11.6 Å². The number of nitrogens with one attached hydrogen (secondary N) is 1.